The van der Waals surface area contributed by atoms with Crippen molar-refractivity contribution in [3.05, 3.63) is 16.8 Å². The molecule has 0 aromatic carbocycles. The summed E-state index contributed by atoms with van der Waals surface area (Å²) in [6.07, 6.45) is -3.26. The van der Waals surface area contributed by atoms with Gasteiger partial charge in [0.1, 0.15) is 5.56 Å². The summed E-state index contributed by atoms with van der Waals surface area (Å²) in [5, 5.41) is 16.2. The second-order valence-electron chi connectivity index (χ2n) is 4.17. The number of alkyl halides is 4. The van der Waals surface area contributed by atoms with Gasteiger partial charge >= 0.3 is 18.3 Å². The molecule has 0 radical (unpaired) electrons. The van der Waals surface area contributed by atoms with Crippen molar-refractivity contribution in [2.75, 3.05) is 6.61 Å². The van der Waals surface area contributed by atoms with E-state index in [-0.39, 0.29) is 12.0 Å². The summed E-state index contributed by atoms with van der Waals surface area (Å²) in [5.41, 5.74) is 0.257. The van der Waals surface area contributed by atoms with E-state index in [9.17, 15) is 22.4 Å². The Bertz CT molecular complexity index is 523. The van der Waals surface area contributed by atoms with Crippen LogP contribution < -0.4 is 4.74 Å². The highest BCUT2D eigenvalue weighted by Gasteiger charge is 2.42. The fourth-order valence-corrected chi connectivity index (χ4v) is 1.70. The third kappa shape index (κ3) is 3.79. The van der Waals surface area contributed by atoms with Crippen molar-refractivity contribution >= 4 is 5.97 Å². The summed E-state index contributed by atoms with van der Waals surface area (Å²) >= 11 is 0. The molecule has 21 heavy (non-hydrogen) atoms. The Kier molecular flexibility index (Phi) is 5.45. The van der Waals surface area contributed by atoms with Crippen molar-refractivity contribution in [1.82, 2.24) is 10.2 Å². The van der Waals surface area contributed by atoms with Gasteiger partial charge in [-0.1, -0.05) is 13.8 Å². The van der Waals surface area contributed by atoms with Crippen LogP contribution in [0.4, 0.5) is 17.6 Å². The first-order valence-corrected chi connectivity index (χ1v) is 6.15. The fraction of sp³-hybridized carbons (Fsp3) is 0.583. The monoisotopic (exact) mass is 310 g/mol. The van der Waals surface area contributed by atoms with Crippen LogP contribution in [0.15, 0.2) is 0 Å². The van der Waals surface area contributed by atoms with Gasteiger partial charge in [0.05, 0.1) is 5.69 Å². The normalized spacial score (nSPS) is 11.8. The van der Waals surface area contributed by atoms with Crippen molar-refractivity contribution < 1.29 is 32.2 Å². The van der Waals surface area contributed by atoms with Crippen molar-refractivity contribution in [2.24, 2.45) is 0 Å². The Morgan fingerprint density at radius 2 is 1.90 bits per heavy atom. The average Bonchev–Trinajstić information content (AvgIpc) is 2.43. The molecule has 1 heterocycles. The molecule has 1 rings (SSSR count). The van der Waals surface area contributed by atoms with E-state index in [1.807, 2.05) is 0 Å². The zero-order valence-electron chi connectivity index (χ0n) is 11.4. The number of rotatable bonds is 7. The van der Waals surface area contributed by atoms with Gasteiger partial charge < -0.3 is 9.84 Å². The summed E-state index contributed by atoms with van der Waals surface area (Å²) in [6, 6.07) is 0. The molecule has 0 aliphatic carbocycles. The minimum Gasteiger partial charge on any atom is -0.477 e. The van der Waals surface area contributed by atoms with Gasteiger partial charge in [-0.05, 0) is 18.4 Å². The van der Waals surface area contributed by atoms with E-state index in [0.717, 1.165) is 0 Å². The van der Waals surface area contributed by atoms with E-state index in [2.05, 4.69) is 14.9 Å². The first-order valence-electron chi connectivity index (χ1n) is 6.15. The summed E-state index contributed by atoms with van der Waals surface area (Å²) < 4.78 is 54.2. The van der Waals surface area contributed by atoms with E-state index < -0.39 is 36.4 Å². The van der Waals surface area contributed by atoms with Gasteiger partial charge in [-0.15, -0.1) is 5.10 Å². The Morgan fingerprint density at radius 3 is 2.33 bits per heavy atom. The van der Waals surface area contributed by atoms with Crippen LogP contribution in [0, 0.1) is 0 Å². The number of carboxylic acids is 1. The minimum absolute atomic E-state index is 0.266. The third-order valence-electron chi connectivity index (χ3n) is 2.75. The smallest absolute Gasteiger partial charge is 0.341 e. The molecule has 0 spiro atoms. The number of ether oxygens (including phenoxy) is 1. The topological polar surface area (TPSA) is 72.3 Å². The third-order valence-corrected chi connectivity index (χ3v) is 2.75. The second kappa shape index (κ2) is 6.68. The molecule has 0 aliphatic rings. The van der Waals surface area contributed by atoms with Crippen molar-refractivity contribution in [3.63, 3.8) is 0 Å². The van der Waals surface area contributed by atoms with E-state index in [4.69, 9.17) is 5.11 Å². The van der Waals surface area contributed by atoms with Gasteiger partial charge in [-0.2, -0.15) is 13.9 Å². The van der Waals surface area contributed by atoms with Crippen LogP contribution in [0.5, 0.6) is 5.88 Å². The Morgan fingerprint density at radius 1 is 1.29 bits per heavy atom. The predicted molar refractivity (Wildman–Crippen MR) is 64.2 cm³/mol. The lowest BCUT2D eigenvalue weighted by atomic mass is 10.0. The molecule has 0 amide bonds. The van der Waals surface area contributed by atoms with E-state index in [0.29, 0.717) is 12.1 Å². The lowest BCUT2D eigenvalue weighted by Gasteiger charge is -2.17. The van der Waals surface area contributed by atoms with Gasteiger partial charge in [0.15, 0.2) is 6.61 Å². The molecule has 118 valence electrons. The second-order valence-corrected chi connectivity index (χ2v) is 4.17. The molecule has 0 unspecified atom stereocenters. The number of hydrogen-bond donors (Lipinski definition) is 1. The maximum absolute atomic E-state index is 12.8. The van der Waals surface area contributed by atoms with E-state index in [1.165, 1.54) is 0 Å². The van der Waals surface area contributed by atoms with Crippen LogP contribution in [0.2, 0.25) is 0 Å². The maximum Gasteiger partial charge on any atom is 0.341 e. The van der Waals surface area contributed by atoms with E-state index in [1.54, 1.807) is 13.8 Å². The molecule has 9 heteroatoms. The van der Waals surface area contributed by atoms with Crippen LogP contribution in [-0.4, -0.2) is 40.2 Å². The summed E-state index contributed by atoms with van der Waals surface area (Å²) in [5.74, 6) is -6.52. The molecule has 5 nitrogen and oxygen atoms in total. The van der Waals surface area contributed by atoms with Crippen molar-refractivity contribution in [1.29, 1.82) is 0 Å². The zero-order valence-corrected chi connectivity index (χ0v) is 11.4. The van der Waals surface area contributed by atoms with E-state index >= 15 is 0 Å². The number of hydrogen-bond acceptors (Lipinski definition) is 4. The molecule has 1 aromatic rings. The van der Waals surface area contributed by atoms with Gasteiger partial charge in [0.25, 0.3) is 0 Å². The summed E-state index contributed by atoms with van der Waals surface area (Å²) in [6.45, 7) is 1.70. The number of halogens is 4. The lowest BCUT2D eigenvalue weighted by Crippen LogP contribution is -2.34. The number of carboxylic acid groups (broad SMARTS) is 1. The van der Waals surface area contributed by atoms with Crippen LogP contribution in [-0.2, 0) is 12.8 Å². The highest BCUT2D eigenvalue weighted by molar-refractivity contribution is 5.92. The first kappa shape index (κ1) is 17.1. The quantitative estimate of drug-likeness (QED) is 0.784. The number of aromatic nitrogens is 2. The largest absolute Gasteiger partial charge is 0.477 e. The lowest BCUT2D eigenvalue weighted by molar-refractivity contribution is -0.148. The van der Waals surface area contributed by atoms with Gasteiger partial charge in [-0.3, -0.25) is 0 Å². The predicted octanol–water partition coefficient (Wildman–Crippen LogP) is 2.58. The van der Waals surface area contributed by atoms with Crippen LogP contribution >= 0.6 is 0 Å². The number of aromatic carboxylic acids is 1. The van der Waals surface area contributed by atoms with Crippen LogP contribution in [0.3, 0.4) is 0 Å². The standard InChI is InChI=1S/C12H14F4N2O3/c1-3-6-7(4-2)17-18-9(8(6)10(19)20)21-5-12(15,16)11(13)14/h11H,3-5H2,1-2H3,(H,19,20). The minimum atomic E-state index is -4.40. The van der Waals surface area contributed by atoms with Crippen LogP contribution in [0.1, 0.15) is 35.5 Å². The molecular formula is C12H14F4N2O3. The summed E-state index contributed by atoms with van der Waals surface area (Å²) in [7, 11) is 0. The first-order chi connectivity index (χ1) is 9.74. The van der Waals surface area contributed by atoms with Crippen LogP contribution in [0.25, 0.3) is 0 Å². The molecule has 0 aliphatic heterocycles. The molecule has 0 fully saturated rings. The Hall–Kier alpha value is -1.93. The molecule has 0 saturated heterocycles. The summed E-state index contributed by atoms with van der Waals surface area (Å²) in [4.78, 5) is 11.2. The molecular weight excluding hydrogens is 296 g/mol. The zero-order chi connectivity index (χ0) is 16.2. The molecule has 1 aromatic heterocycles. The fourth-order valence-electron chi connectivity index (χ4n) is 1.70. The molecule has 0 saturated carbocycles. The van der Waals surface area contributed by atoms with Crippen molar-refractivity contribution in [2.45, 2.75) is 39.0 Å². The highest BCUT2D eigenvalue weighted by Crippen LogP contribution is 2.27. The molecule has 1 N–H and O–H groups in total. The number of nitrogens with zero attached hydrogens (tertiary/aromatic N) is 2. The SMILES string of the molecule is CCc1nnc(OCC(F)(F)C(F)F)c(C(=O)O)c1CC. The Labute approximate surface area is 117 Å². The van der Waals surface area contributed by atoms with Gasteiger partial charge in [-0.25, -0.2) is 13.6 Å². The van der Waals surface area contributed by atoms with Crippen molar-refractivity contribution in [3.8, 4) is 5.88 Å². The number of aryl methyl sites for hydroxylation is 1. The average molecular weight is 310 g/mol. The molecule has 0 bridgehead atoms. The maximum atomic E-state index is 12.8. The molecule has 0 atom stereocenters. The number of carbonyl (C=O) groups is 1. The van der Waals surface area contributed by atoms with Gasteiger partial charge in [0.2, 0.25) is 5.88 Å². The Balaban J connectivity index is 3.16. The van der Waals surface area contributed by atoms with Gasteiger partial charge in [0, 0.05) is 0 Å². The highest BCUT2D eigenvalue weighted by atomic mass is 19.3.